The number of aromatic nitrogens is 1. The zero-order chi connectivity index (χ0) is 24.7. The van der Waals surface area contributed by atoms with Crippen LogP contribution in [0.4, 0.5) is 5.88 Å². The van der Waals surface area contributed by atoms with Gasteiger partial charge in [-0.15, -0.1) is 0 Å². The Bertz CT molecular complexity index is 1340. The molecule has 0 bridgehead atoms. The Hall–Kier alpha value is -4.07. The molecule has 3 aromatic rings. The SMILES string of the molecule is COC(=O)c1ccc([C@@H]2C3=C(C[C@@H](c4cc(OC)ccc4OC)CC3=O)Nc3onc(C)c32)cc1. The normalized spacial score (nSPS) is 18.9. The summed E-state index contributed by atoms with van der Waals surface area (Å²) in [4.78, 5) is 25.6. The lowest BCUT2D eigenvalue weighted by Crippen LogP contribution is -2.29. The quantitative estimate of drug-likeness (QED) is 0.529. The Morgan fingerprint density at radius 1 is 1.06 bits per heavy atom. The van der Waals surface area contributed by atoms with Crippen molar-refractivity contribution in [3.8, 4) is 11.5 Å². The number of benzene rings is 2. The number of carbonyl (C=O) groups excluding carboxylic acids is 2. The van der Waals surface area contributed by atoms with Crippen molar-refractivity contribution in [3.05, 3.63) is 81.7 Å². The highest BCUT2D eigenvalue weighted by Crippen LogP contribution is 2.50. The zero-order valence-electron chi connectivity index (χ0n) is 20.0. The maximum Gasteiger partial charge on any atom is 0.337 e. The molecule has 0 saturated carbocycles. The Morgan fingerprint density at radius 2 is 1.83 bits per heavy atom. The van der Waals surface area contributed by atoms with Crippen molar-refractivity contribution in [1.82, 2.24) is 5.16 Å². The Morgan fingerprint density at radius 3 is 2.51 bits per heavy atom. The molecule has 0 spiro atoms. The fraction of sp³-hybridized carbons (Fsp3) is 0.296. The van der Waals surface area contributed by atoms with Crippen molar-refractivity contribution >= 4 is 17.6 Å². The molecule has 1 N–H and O–H groups in total. The van der Waals surface area contributed by atoms with Crippen molar-refractivity contribution in [2.75, 3.05) is 26.6 Å². The van der Waals surface area contributed by atoms with Gasteiger partial charge in [-0.25, -0.2) is 4.79 Å². The predicted octanol–water partition coefficient (Wildman–Crippen LogP) is 4.75. The molecule has 0 saturated heterocycles. The second-order valence-corrected chi connectivity index (χ2v) is 8.71. The van der Waals surface area contributed by atoms with Crippen molar-refractivity contribution in [2.45, 2.75) is 31.6 Å². The van der Waals surface area contributed by atoms with Gasteiger partial charge in [-0.2, -0.15) is 0 Å². The van der Waals surface area contributed by atoms with Gasteiger partial charge in [0.15, 0.2) is 5.78 Å². The molecule has 0 fully saturated rings. The highest BCUT2D eigenvalue weighted by atomic mass is 16.5. The molecule has 8 nitrogen and oxygen atoms in total. The van der Waals surface area contributed by atoms with E-state index in [1.165, 1.54) is 7.11 Å². The van der Waals surface area contributed by atoms with E-state index >= 15 is 0 Å². The van der Waals surface area contributed by atoms with Gasteiger partial charge in [0, 0.05) is 35.1 Å². The van der Waals surface area contributed by atoms with Gasteiger partial charge in [-0.05, 0) is 49.2 Å². The maximum absolute atomic E-state index is 13.7. The third kappa shape index (κ3) is 3.84. The van der Waals surface area contributed by atoms with E-state index in [4.69, 9.17) is 18.7 Å². The van der Waals surface area contributed by atoms with Crippen LogP contribution in [0.15, 0.2) is 58.3 Å². The number of aryl methyl sites for hydroxylation is 1. The van der Waals surface area contributed by atoms with Crippen LogP contribution in [-0.4, -0.2) is 38.2 Å². The van der Waals surface area contributed by atoms with Gasteiger partial charge in [-0.3, -0.25) is 4.79 Å². The van der Waals surface area contributed by atoms with Crippen molar-refractivity contribution in [2.24, 2.45) is 0 Å². The van der Waals surface area contributed by atoms with Gasteiger partial charge in [0.1, 0.15) is 11.5 Å². The Balaban J connectivity index is 1.58. The molecular weight excluding hydrogens is 448 g/mol. The Kier molecular flexibility index (Phi) is 5.80. The molecule has 180 valence electrons. The molecule has 8 heteroatoms. The van der Waals surface area contributed by atoms with Crippen LogP contribution in [-0.2, 0) is 9.53 Å². The van der Waals surface area contributed by atoms with Crippen LogP contribution < -0.4 is 14.8 Å². The van der Waals surface area contributed by atoms with E-state index in [1.807, 2.05) is 37.3 Å². The van der Waals surface area contributed by atoms with Crippen LogP contribution in [0.5, 0.6) is 11.5 Å². The lowest BCUT2D eigenvalue weighted by atomic mass is 9.72. The van der Waals surface area contributed by atoms with Crippen LogP contribution >= 0.6 is 0 Å². The molecule has 0 unspecified atom stereocenters. The molecule has 0 radical (unpaired) electrons. The summed E-state index contributed by atoms with van der Waals surface area (Å²) in [5.41, 5.74) is 5.30. The topological polar surface area (TPSA) is 99.9 Å². The summed E-state index contributed by atoms with van der Waals surface area (Å²) >= 11 is 0. The predicted molar refractivity (Wildman–Crippen MR) is 128 cm³/mol. The third-order valence-electron chi connectivity index (χ3n) is 6.80. The first-order valence-electron chi connectivity index (χ1n) is 11.3. The average Bonchev–Trinajstić information content (AvgIpc) is 3.26. The molecule has 1 aromatic heterocycles. The van der Waals surface area contributed by atoms with E-state index in [-0.39, 0.29) is 17.6 Å². The van der Waals surface area contributed by atoms with Crippen molar-refractivity contribution < 1.29 is 28.3 Å². The summed E-state index contributed by atoms with van der Waals surface area (Å²) < 4.78 is 21.4. The number of allylic oxidation sites excluding steroid dienone is 2. The molecule has 2 aromatic carbocycles. The first-order chi connectivity index (χ1) is 16.9. The van der Waals surface area contributed by atoms with E-state index in [9.17, 15) is 9.59 Å². The monoisotopic (exact) mass is 474 g/mol. The number of carbonyl (C=O) groups is 2. The first kappa shape index (κ1) is 22.7. The summed E-state index contributed by atoms with van der Waals surface area (Å²) in [7, 11) is 4.59. The fourth-order valence-corrected chi connectivity index (χ4v) is 5.11. The molecule has 2 atom stereocenters. The zero-order valence-corrected chi connectivity index (χ0v) is 20.0. The summed E-state index contributed by atoms with van der Waals surface area (Å²) in [6.45, 7) is 1.86. The number of hydrogen-bond donors (Lipinski definition) is 1. The molecule has 1 aliphatic carbocycles. The van der Waals surface area contributed by atoms with Crippen LogP contribution in [0.25, 0.3) is 0 Å². The van der Waals surface area contributed by atoms with Crippen LogP contribution in [0.3, 0.4) is 0 Å². The number of nitrogens with zero attached hydrogens (tertiary/aromatic N) is 1. The minimum atomic E-state index is -0.410. The average molecular weight is 475 g/mol. The van der Waals surface area contributed by atoms with Crippen LogP contribution in [0.2, 0.25) is 0 Å². The lowest BCUT2D eigenvalue weighted by Gasteiger charge is -2.35. The van der Waals surface area contributed by atoms with Gasteiger partial charge in [0.25, 0.3) is 0 Å². The number of hydrogen-bond acceptors (Lipinski definition) is 8. The van der Waals surface area contributed by atoms with Crippen molar-refractivity contribution in [1.29, 1.82) is 0 Å². The van der Waals surface area contributed by atoms with Crippen LogP contribution in [0.1, 0.15) is 57.4 Å². The second-order valence-electron chi connectivity index (χ2n) is 8.71. The molecule has 35 heavy (non-hydrogen) atoms. The van der Waals surface area contributed by atoms with Crippen molar-refractivity contribution in [3.63, 3.8) is 0 Å². The molecular formula is C27H26N2O6. The molecule has 0 amide bonds. The van der Waals surface area contributed by atoms with E-state index in [1.54, 1.807) is 26.4 Å². The number of esters is 1. The van der Waals surface area contributed by atoms with Gasteiger partial charge < -0.3 is 24.1 Å². The lowest BCUT2D eigenvalue weighted by molar-refractivity contribution is -0.116. The number of rotatable bonds is 5. The number of ether oxygens (including phenoxy) is 3. The fourth-order valence-electron chi connectivity index (χ4n) is 5.11. The molecule has 2 heterocycles. The van der Waals surface area contributed by atoms with Gasteiger partial charge >= 0.3 is 5.97 Å². The largest absolute Gasteiger partial charge is 0.497 e. The molecule has 2 aliphatic rings. The maximum atomic E-state index is 13.7. The van der Waals surface area contributed by atoms with Gasteiger partial charge in [0.05, 0.1) is 38.2 Å². The van der Waals surface area contributed by atoms with E-state index < -0.39 is 5.97 Å². The minimum absolute atomic E-state index is 0.0434. The van der Waals surface area contributed by atoms with Crippen LogP contribution in [0, 0.1) is 6.92 Å². The number of fused-ring (bicyclic) bond motifs is 1. The highest BCUT2D eigenvalue weighted by molar-refractivity contribution is 6.01. The standard InChI is InChI=1S/C27H26N2O6/c1-14-23-24(15-5-7-16(8-6-15)27(31)34-4)25-20(28-26(23)35-29-14)11-17(12-21(25)30)19-13-18(32-2)9-10-22(19)33-3/h5-10,13,17,24,28H,11-12H2,1-4H3/t17-,24+/m1/s1. The number of nitrogens with one attached hydrogen (secondary N) is 1. The number of anilines is 1. The summed E-state index contributed by atoms with van der Waals surface area (Å²) in [5, 5.41) is 7.50. The smallest absolute Gasteiger partial charge is 0.337 e. The Labute approximate surface area is 202 Å². The minimum Gasteiger partial charge on any atom is -0.497 e. The van der Waals surface area contributed by atoms with Gasteiger partial charge in [-0.1, -0.05) is 17.3 Å². The van der Waals surface area contributed by atoms with E-state index in [0.717, 1.165) is 28.1 Å². The molecule has 1 aliphatic heterocycles. The van der Waals surface area contributed by atoms with E-state index in [0.29, 0.717) is 41.3 Å². The van der Waals surface area contributed by atoms with E-state index in [2.05, 4.69) is 10.5 Å². The summed E-state index contributed by atoms with van der Waals surface area (Å²) in [5.74, 6) is 1.16. The summed E-state index contributed by atoms with van der Waals surface area (Å²) in [6.07, 6.45) is 0.932. The molecule has 5 rings (SSSR count). The number of Topliss-reactive ketones (excluding diaryl/α,β-unsaturated/α-hetero) is 1. The first-order valence-corrected chi connectivity index (χ1v) is 11.3. The number of ketones is 1. The number of methoxy groups -OCH3 is 3. The highest BCUT2D eigenvalue weighted by Gasteiger charge is 2.41. The van der Waals surface area contributed by atoms with Gasteiger partial charge in [0.2, 0.25) is 5.88 Å². The third-order valence-corrected chi connectivity index (χ3v) is 6.80. The second kappa shape index (κ2) is 8.94. The summed E-state index contributed by atoms with van der Waals surface area (Å²) in [6, 6.07) is 12.8.